The Morgan fingerprint density at radius 2 is 2.05 bits per heavy atom. The van der Waals surface area contributed by atoms with Gasteiger partial charge in [-0.2, -0.15) is 10.2 Å². The number of aryl methyl sites for hydroxylation is 1. The Morgan fingerprint density at radius 3 is 2.81 bits per heavy atom. The van der Waals surface area contributed by atoms with Crippen LogP contribution in [0.1, 0.15) is 28.9 Å². The van der Waals surface area contributed by atoms with E-state index < -0.39 is 0 Å². The summed E-state index contributed by atoms with van der Waals surface area (Å²) in [6, 6.07) is 2.32. The summed E-state index contributed by atoms with van der Waals surface area (Å²) >= 11 is 1.47. The third-order valence-corrected chi connectivity index (χ3v) is 8.33. The van der Waals surface area contributed by atoms with E-state index in [1.54, 1.807) is 36.3 Å². The molecule has 0 aromatic carbocycles. The first-order chi connectivity index (χ1) is 18.0. The number of pyridine rings is 1. The summed E-state index contributed by atoms with van der Waals surface area (Å²) in [5.41, 5.74) is 3.17. The van der Waals surface area contributed by atoms with Gasteiger partial charge < -0.3 is 15.4 Å². The number of carbonyl (C=O) groups is 2. The molecule has 37 heavy (non-hydrogen) atoms. The highest BCUT2D eigenvalue weighted by molar-refractivity contribution is 7.21. The van der Waals surface area contributed by atoms with E-state index in [1.807, 2.05) is 24.0 Å². The van der Waals surface area contributed by atoms with Crippen LogP contribution in [0.5, 0.6) is 0 Å². The van der Waals surface area contributed by atoms with Crippen molar-refractivity contribution in [2.24, 2.45) is 5.92 Å². The SMILES string of the molecule is COCCn1cc(-c2cn3ncc(C(=O)Nc4cc(NC(=O)CN5CC6CC[C@H]65)cnc4C)c3s2)cn1. The van der Waals surface area contributed by atoms with Crippen LogP contribution >= 0.6 is 11.3 Å². The van der Waals surface area contributed by atoms with Crippen molar-refractivity contribution in [3.05, 3.63) is 48.3 Å². The number of nitrogens with one attached hydrogen (secondary N) is 2. The first kappa shape index (κ1) is 23.8. The van der Waals surface area contributed by atoms with Crippen LogP contribution in [0, 0.1) is 12.8 Å². The summed E-state index contributed by atoms with van der Waals surface area (Å²) in [7, 11) is 1.66. The molecule has 5 heterocycles. The Kier molecular flexibility index (Phi) is 6.22. The zero-order chi connectivity index (χ0) is 25.5. The molecule has 0 bridgehead atoms. The molecular weight excluding hydrogens is 492 g/mol. The molecule has 1 aliphatic carbocycles. The second kappa shape index (κ2) is 9.69. The molecule has 2 N–H and O–H groups in total. The molecule has 1 unspecified atom stereocenters. The van der Waals surface area contributed by atoms with E-state index in [0.717, 1.165) is 27.7 Å². The van der Waals surface area contributed by atoms with Crippen LogP contribution in [-0.4, -0.2) is 73.9 Å². The standard InChI is InChI=1S/C25H28N8O3S/c1-15-20(7-18(9-26-15)29-23(34)14-31-11-16-3-4-21(16)31)30-24(35)19-10-28-33-13-22(37-25(19)33)17-8-27-32(12-17)5-6-36-2/h7-10,12-13,16,21H,3-6,11,14H2,1-2H3,(H,29,34)(H,30,35)/t16?,21-/m1/s1. The van der Waals surface area contributed by atoms with Gasteiger partial charge in [-0.25, -0.2) is 4.52 Å². The first-order valence-electron chi connectivity index (χ1n) is 12.3. The Hall–Kier alpha value is -3.61. The maximum Gasteiger partial charge on any atom is 0.260 e. The first-order valence-corrected chi connectivity index (χ1v) is 13.1. The van der Waals surface area contributed by atoms with Gasteiger partial charge in [0, 0.05) is 37.7 Å². The molecule has 0 spiro atoms. The highest BCUT2D eigenvalue weighted by Crippen LogP contribution is 2.41. The number of methoxy groups -OCH3 is 1. The number of hydrogen-bond acceptors (Lipinski definition) is 8. The van der Waals surface area contributed by atoms with Crippen LogP contribution in [0.15, 0.2) is 37.1 Å². The number of fused-ring (bicyclic) bond motifs is 2. The van der Waals surface area contributed by atoms with Crippen LogP contribution < -0.4 is 10.6 Å². The minimum atomic E-state index is -0.288. The molecule has 2 aliphatic rings. The van der Waals surface area contributed by atoms with E-state index in [0.29, 0.717) is 48.4 Å². The maximum absolute atomic E-state index is 13.2. The quantitative estimate of drug-likeness (QED) is 0.348. The van der Waals surface area contributed by atoms with Crippen LogP contribution in [0.3, 0.4) is 0 Å². The lowest BCUT2D eigenvalue weighted by Gasteiger charge is -2.55. The monoisotopic (exact) mass is 520 g/mol. The Labute approximate surface area is 217 Å². The summed E-state index contributed by atoms with van der Waals surface area (Å²) in [5, 5.41) is 14.6. The number of thiazole rings is 1. The lowest BCUT2D eigenvalue weighted by Crippen LogP contribution is -2.63. The molecule has 4 aromatic rings. The lowest BCUT2D eigenvalue weighted by molar-refractivity contribution is -0.125. The van der Waals surface area contributed by atoms with Gasteiger partial charge in [0.2, 0.25) is 5.91 Å². The normalized spacial score (nSPS) is 18.8. The highest BCUT2D eigenvalue weighted by atomic mass is 32.1. The summed E-state index contributed by atoms with van der Waals surface area (Å²) in [6.07, 6.45) is 11.3. The fraction of sp³-hybridized carbons (Fsp3) is 0.400. The van der Waals surface area contributed by atoms with Crippen molar-refractivity contribution in [1.82, 2.24) is 29.3 Å². The van der Waals surface area contributed by atoms with E-state index in [9.17, 15) is 9.59 Å². The van der Waals surface area contributed by atoms with Gasteiger partial charge >= 0.3 is 0 Å². The Balaban J connectivity index is 1.14. The minimum absolute atomic E-state index is 0.0664. The molecule has 11 nitrogen and oxygen atoms in total. The van der Waals surface area contributed by atoms with Crippen LogP contribution in [0.2, 0.25) is 0 Å². The van der Waals surface area contributed by atoms with Gasteiger partial charge in [-0.3, -0.25) is 24.2 Å². The molecular formula is C25H28N8O3S. The van der Waals surface area contributed by atoms with E-state index in [-0.39, 0.29) is 11.8 Å². The Bertz CT molecular complexity index is 1470. The average Bonchev–Trinajstić information content (AvgIpc) is 3.58. The van der Waals surface area contributed by atoms with Gasteiger partial charge in [0.1, 0.15) is 4.83 Å². The van der Waals surface area contributed by atoms with Crippen molar-refractivity contribution in [2.75, 3.05) is 37.4 Å². The summed E-state index contributed by atoms with van der Waals surface area (Å²) in [4.78, 5) is 34.0. The smallest absolute Gasteiger partial charge is 0.260 e. The number of aromatic nitrogens is 5. The fourth-order valence-electron chi connectivity index (χ4n) is 4.90. The summed E-state index contributed by atoms with van der Waals surface area (Å²) in [5.74, 6) is 0.427. The van der Waals surface area contributed by atoms with Crippen molar-refractivity contribution in [1.29, 1.82) is 0 Å². The molecule has 0 radical (unpaired) electrons. The number of rotatable bonds is 9. The van der Waals surface area contributed by atoms with Crippen molar-refractivity contribution in [3.8, 4) is 10.4 Å². The lowest BCUT2D eigenvalue weighted by atomic mass is 9.71. The van der Waals surface area contributed by atoms with Crippen LogP contribution in [-0.2, 0) is 16.1 Å². The third kappa shape index (κ3) is 4.63. The minimum Gasteiger partial charge on any atom is -0.383 e. The van der Waals surface area contributed by atoms with E-state index in [4.69, 9.17) is 4.74 Å². The number of likely N-dealkylation sites (tertiary alicyclic amines) is 1. The van der Waals surface area contributed by atoms with Crippen LogP contribution in [0.4, 0.5) is 11.4 Å². The highest BCUT2D eigenvalue weighted by Gasteiger charge is 2.45. The third-order valence-electron chi connectivity index (χ3n) is 7.16. The van der Waals surface area contributed by atoms with Gasteiger partial charge in [0.25, 0.3) is 5.91 Å². The molecule has 2 fully saturated rings. The number of carbonyl (C=O) groups excluding carboxylic acids is 2. The number of amides is 2. The zero-order valence-electron chi connectivity index (χ0n) is 20.7. The molecule has 1 aliphatic heterocycles. The second-order valence-electron chi connectivity index (χ2n) is 9.58. The number of hydrogen-bond donors (Lipinski definition) is 2. The van der Waals surface area contributed by atoms with Crippen molar-refractivity contribution in [2.45, 2.75) is 32.4 Å². The number of anilines is 2. The summed E-state index contributed by atoms with van der Waals surface area (Å²) < 4.78 is 8.63. The molecule has 192 valence electrons. The maximum atomic E-state index is 13.2. The largest absolute Gasteiger partial charge is 0.383 e. The summed E-state index contributed by atoms with van der Waals surface area (Å²) in [6.45, 7) is 4.45. The van der Waals surface area contributed by atoms with Crippen molar-refractivity contribution >= 4 is 39.4 Å². The predicted molar refractivity (Wildman–Crippen MR) is 140 cm³/mol. The van der Waals surface area contributed by atoms with Gasteiger partial charge in [-0.05, 0) is 31.7 Å². The number of piperidine rings is 1. The molecule has 1 saturated carbocycles. The molecule has 1 saturated heterocycles. The molecule has 12 heteroatoms. The van der Waals surface area contributed by atoms with Crippen molar-refractivity contribution < 1.29 is 14.3 Å². The van der Waals surface area contributed by atoms with E-state index in [2.05, 4.69) is 30.7 Å². The second-order valence-corrected chi connectivity index (χ2v) is 10.6. The van der Waals surface area contributed by atoms with Gasteiger partial charge in [0.05, 0.1) is 65.8 Å². The van der Waals surface area contributed by atoms with E-state index in [1.165, 1.54) is 24.2 Å². The molecule has 2 amide bonds. The predicted octanol–water partition coefficient (Wildman–Crippen LogP) is 2.89. The van der Waals surface area contributed by atoms with Gasteiger partial charge in [-0.1, -0.05) is 0 Å². The fourth-order valence-corrected chi connectivity index (χ4v) is 5.93. The van der Waals surface area contributed by atoms with E-state index >= 15 is 0 Å². The zero-order valence-corrected chi connectivity index (χ0v) is 21.5. The Morgan fingerprint density at radius 1 is 1.16 bits per heavy atom. The van der Waals surface area contributed by atoms with Gasteiger partial charge in [-0.15, -0.1) is 11.3 Å². The average molecular weight is 521 g/mol. The van der Waals surface area contributed by atoms with Gasteiger partial charge in [0.15, 0.2) is 0 Å². The molecule has 2 atom stereocenters. The van der Waals surface area contributed by atoms with Crippen molar-refractivity contribution in [3.63, 3.8) is 0 Å². The van der Waals surface area contributed by atoms with Crippen LogP contribution in [0.25, 0.3) is 15.3 Å². The topological polar surface area (TPSA) is 119 Å². The molecule has 4 aromatic heterocycles. The molecule has 6 rings (SSSR count). The number of nitrogens with zero attached hydrogens (tertiary/aromatic N) is 6. The number of ether oxygens (including phenoxy) is 1.